The zero-order valence-corrected chi connectivity index (χ0v) is 14.5. The van der Waals surface area contributed by atoms with Gasteiger partial charge in [-0.15, -0.1) is 0 Å². The summed E-state index contributed by atoms with van der Waals surface area (Å²) in [5, 5.41) is 9.61. The van der Waals surface area contributed by atoms with Crippen LogP contribution in [0.1, 0.15) is 18.9 Å². The average molecular weight is 356 g/mol. The van der Waals surface area contributed by atoms with Crippen LogP contribution in [0.2, 0.25) is 0 Å². The molecule has 2 atom stereocenters. The number of rotatable bonds is 5. The Morgan fingerprint density at radius 3 is 2.96 bits per heavy atom. The minimum absolute atomic E-state index is 0.0980. The Kier molecular flexibility index (Phi) is 5.63. The molecule has 1 saturated heterocycles. The van der Waals surface area contributed by atoms with Crippen LogP contribution < -0.4 is 4.74 Å². The van der Waals surface area contributed by atoms with Gasteiger partial charge in [0.1, 0.15) is 5.75 Å². The molecule has 0 saturated carbocycles. The summed E-state index contributed by atoms with van der Waals surface area (Å²) in [6.07, 6.45) is 6.50. The van der Waals surface area contributed by atoms with Crippen LogP contribution >= 0.6 is 0 Å². The van der Waals surface area contributed by atoms with Crippen molar-refractivity contribution in [3.8, 4) is 11.5 Å². The van der Waals surface area contributed by atoms with Crippen LogP contribution in [0.25, 0.3) is 6.08 Å². The quantitative estimate of drug-likeness (QED) is 0.836. The molecule has 1 aromatic carbocycles. The number of amides is 1. The SMILES string of the molecule is CC(O)C1CCN(C(=O)/C=C/c2ccc(Oc3cccnc3)c(F)c2)C1. The first kappa shape index (κ1) is 18.1. The molecule has 5 nitrogen and oxygen atoms in total. The van der Waals surface area contributed by atoms with Crippen LogP contribution in [0.5, 0.6) is 11.5 Å². The fourth-order valence-electron chi connectivity index (χ4n) is 2.89. The maximum Gasteiger partial charge on any atom is 0.246 e. The Morgan fingerprint density at radius 1 is 1.46 bits per heavy atom. The molecule has 26 heavy (non-hydrogen) atoms. The Balaban J connectivity index is 1.62. The minimum atomic E-state index is -0.515. The number of aliphatic hydroxyl groups excluding tert-OH is 1. The van der Waals surface area contributed by atoms with E-state index in [1.54, 1.807) is 42.3 Å². The predicted molar refractivity (Wildman–Crippen MR) is 96.1 cm³/mol. The van der Waals surface area contributed by atoms with Gasteiger partial charge in [0, 0.05) is 31.3 Å². The monoisotopic (exact) mass is 356 g/mol. The van der Waals surface area contributed by atoms with Gasteiger partial charge in [0.25, 0.3) is 0 Å². The van der Waals surface area contributed by atoms with E-state index >= 15 is 0 Å². The van der Waals surface area contributed by atoms with Crippen LogP contribution in [-0.2, 0) is 4.79 Å². The number of hydrogen-bond acceptors (Lipinski definition) is 4. The molecule has 1 aliphatic rings. The number of aromatic nitrogens is 1. The van der Waals surface area contributed by atoms with Crippen LogP contribution in [0.4, 0.5) is 4.39 Å². The summed E-state index contributed by atoms with van der Waals surface area (Å²) < 4.78 is 19.6. The van der Waals surface area contributed by atoms with E-state index in [1.807, 2.05) is 0 Å². The molecule has 2 unspecified atom stereocenters. The van der Waals surface area contributed by atoms with Gasteiger partial charge in [-0.3, -0.25) is 9.78 Å². The van der Waals surface area contributed by atoms with Gasteiger partial charge < -0.3 is 14.7 Å². The topological polar surface area (TPSA) is 62.7 Å². The van der Waals surface area contributed by atoms with Crippen LogP contribution in [-0.4, -0.2) is 40.1 Å². The van der Waals surface area contributed by atoms with Crippen molar-refractivity contribution >= 4 is 12.0 Å². The van der Waals surface area contributed by atoms with Gasteiger partial charge in [-0.25, -0.2) is 4.39 Å². The molecular weight excluding hydrogens is 335 g/mol. The van der Waals surface area contributed by atoms with E-state index in [4.69, 9.17) is 4.74 Å². The standard InChI is InChI=1S/C20H21FN2O3/c1-14(24)16-8-10-23(13-16)20(25)7-5-15-4-6-19(18(21)11-15)26-17-3-2-9-22-12-17/h2-7,9,11-12,14,16,24H,8,10,13H2,1H3/b7-5+. The van der Waals surface area contributed by atoms with Gasteiger partial charge >= 0.3 is 0 Å². The molecule has 0 aliphatic carbocycles. The third kappa shape index (κ3) is 4.46. The molecule has 0 spiro atoms. The van der Waals surface area contributed by atoms with E-state index in [1.165, 1.54) is 24.4 Å². The van der Waals surface area contributed by atoms with E-state index in [0.717, 1.165) is 6.42 Å². The Bertz CT molecular complexity index is 793. The zero-order chi connectivity index (χ0) is 18.5. The number of ether oxygens (including phenoxy) is 1. The number of hydrogen-bond donors (Lipinski definition) is 1. The summed E-state index contributed by atoms with van der Waals surface area (Å²) in [6.45, 7) is 2.92. The first-order valence-electron chi connectivity index (χ1n) is 8.55. The number of benzene rings is 1. The van der Waals surface area contributed by atoms with Crippen molar-refractivity contribution in [2.75, 3.05) is 13.1 Å². The Morgan fingerprint density at radius 2 is 2.31 bits per heavy atom. The van der Waals surface area contributed by atoms with Crippen LogP contribution in [0.15, 0.2) is 48.8 Å². The van der Waals surface area contributed by atoms with E-state index in [9.17, 15) is 14.3 Å². The predicted octanol–water partition coefficient (Wildman–Crippen LogP) is 3.26. The van der Waals surface area contributed by atoms with Crippen molar-refractivity contribution in [3.63, 3.8) is 0 Å². The summed E-state index contributed by atoms with van der Waals surface area (Å²) >= 11 is 0. The highest BCUT2D eigenvalue weighted by atomic mass is 19.1. The number of carbonyl (C=O) groups excluding carboxylic acids is 1. The number of aliphatic hydroxyl groups is 1. The fraction of sp³-hybridized carbons (Fsp3) is 0.300. The molecule has 0 bridgehead atoms. The lowest BCUT2D eigenvalue weighted by atomic mass is 10.0. The second kappa shape index (κ2) is 8.10. The second-order valence-electron chi connectivity index (χ2n) is 6.39. The maximum absolute atomic E-state index is 14.2. The van der Waals surface area contributed by atoms with Crippen molar-refractivity contribution in [3.05, 3.63) is 60.2 Å². The first-order chi connectivity index (χ1) is 12.5. The van der Waals surface area contributed by atoms with E-state index in [0.29, 0.717) is 24.4 Å². The van der Waals surface area contributed by atoms with Crippen LogP contribution in [0, 0.1) is 11.7 Å². The van der Waals surface area contributed by atoms with Crippen molar-refractivity contribution < 1.29 is 19.0 Å². The maximum atomic E-state index is 14.2. The molecule has 2 heterocycles. The largest absolute Gasteiger partial charge is 0.453 e. The highest BCUT2D eigenvalue weighted by Crippen LogP contribution is 2.25. The number of halogens is 1. The fourth-order valence-corrected chi connectivity index (χ4v) is 2.89. The third-order valence-corrected chi connectivity index (χ3v) is 4.46. The number of likely N-dealkylation sites (tertiary alicyclic amines) is 1. The Hall–Kier alpha value is -2.73. The molecular formula is C20H21FN2O3. The van der Waals surface area contributed by atoms with Crippen molar-refractivity contribution in [2.45, 2.75) is 19.4 Å². The van der Waals surface area contributed by atoms with Gasteiger partial charge in [-0.05, 0) is 49.2 Å². The molecule has 1 aromatic heterocycles. The third-order valence-electron chi connectivity index (χ3n) is 4.46. The summed E-state index contributed by atoms with van der Waals surface area (Å²) in [4.78, 5) is 17.8. The molecule has 6 heteroatoms. The van der Waals surface area contributed by atoms with Crippen molar-refractivity contribution in [2.24, 2.45) is 5.92 Å². The summed E-state index contributed by atoms with van der Waals surface area (Å²) in [5.41, 5.74) is 0.570. The number of pyridine rings is 1. The minimum Gasteiger partial charge on any atom is -0.453 e. The van der Waals surface area contributed by atoms with Crippen molar-refractivity contribution in [1.82, 2.24) is 9.88 Å². The summed E-state index contributed by atoms with van der Waals surface area (Å²) in [7, 11) is 0. The molecule has 0 radical (unpaired) electrons. The lowest BCUT2D eigenvalue weighted by Gasteiger charge is -2.15. The van der Waals surface area contributed by atoms with Crippen LogP contribution in [0.3, 0.4) is 0 Å². The molecule has 136 valence electrons. The van der Waals surface area contributed by atoms with E-state index < -0.39 is 11.9 Å². The normalized spacial score (nSPS) is 18.3. The highest BCUT2D eigenvalue weighted by molar-refractivity contribution is 5.92. The second-order valence-corrected chi connectivity index (χ2v) is 6.39. The molecule has 2 aromatic rings. The molecule has 1 aliphatic heterocycles. The van der Waals surface area contributed by atoms with E-state index in [2.05, 4.69) is 4.98 Å². The summed E-state index contributed by atoms with van der Waals surface area (Å²) in [5.74, 6) is 0.0177. The Labute approximate surface area is 151 Å². The molecule has 1 amide bonds. The molecule has 1 N–H and O–H groups in total. The zero-order valence-electron chi connectivity index (χ0n) is 14.5. The highest BCUT2D eigenvalue weighted by Gasteiger charge is 2.27. The van der Waals surface area contributed by atoms with Gasteiger partial charge in [0.2, 0.25) is 5.91 Å². The van der Waals surface area contributed by atoms with E-state index in [-0.39, 0.29) is 17.6 Å². The smallest absolute Gasteiger partial charge is 0.246 e. The summed E-state index contributed by atoms with van der Waals surface area (Å²) in [6, 6.07) is 7.91. The lowest BCUT2D eigenvalue weighted by Crippen LogP contribution is -2.28. The first-order valence-corrected chi connectivity index (χ1v) is 8.55. The van der Waals surface area contributed by atoms with Gasteiger partial charge in [0.15, 0.2) is 11.6 Å². The molecule has 3 rings (SSSR count). The molecule has 1 fully saturated rings. The average Bonchev–Trinajstić information content (AvgIpc) is 3.13. The van der Waals surface area contributed by atoms with Gasteiger partial charge in [-0.2, -0.15) is 0 Å². The van der Waals surface area contributed by atoms with Crippen molar-refractivity contribution in [1.29, 1.82) is 0 Å². The van der Waals surface area contributed by atoms with Gasteiger partial charge in [-0.1, -0.05) is 6.07 Å². The van der Waals surface area contributed by atoms with Gasteiger partial charge in [0.05, 0.1) is 12.3 Å². The number of nitrogens with zero attached hydrogens (tertiary/aromatic N) is 2. The number of carbonyl (C=O) groups is 1. The lowest BCUT2D eigenvalue weighted by molar-refractivity contribution is -0.125.